The fraction of sp³-hybridized carbons (Fsp3) is 1.00. The fourth-order valence-electron chi connectivity index (χ4n) is 3.86. The van der Waals surface area contributed by atoms with Crippen LogP contribution in [0.1, 0.15) is 46.5 Å². The molecule has 2 rings (SSSR count). The number of morpholine rings is 1. The molecule has 0 aliphatic carbocycles. The van der Waals surface area contributed by atoms with Gasteiger partial charge in [-0.3, -0.25) is 4.90 Å². The second-order valence-corrected chi connectivity index (χ2v) is 6.45. The van der Waals surface area contributed by atoms with Crippen LogP contribution in [0.2, 0.25) is 0 Å². The number of nitrogens with one attached hydrogen (secondary N) is 1. The Balaban J connectivity index is 1.95. The van der Waals surface area contributed by atoms with E-state index in [1.807, 2.05) is 0 Å². The van der Waals surface area contributed by atoms with E-state index >= 15 is 0 Å². The smallest absolute Gasteiger partial charge is 0.0678 e. The predicted octanol–water partition coefficient (Wildman–Crippen LogP) is 2.27. The van der Waals surface area contributed by atoms with Crippen LogP contribution in [0, 0.1) is 5.41 Å². The third kappa shape index (κ3) is 3.69. The van der Waals surface area contributed by atoms with Gasteiger partial charge in [-0.25, -0.2) is 0 Å². The average molecular weight is 254 g/mol. The van der Waals surface area contributed by atoms with Gasteiger partial charge in [-0.05, 0) is 51.6 Å². The highest BCUT2D eigenvalue weighted by Crippen LogP contribution is 2.35. The number of hydrogen-bond acceptors (Lipinski definition) is 3. The highest BCUT2D eigenvalue weighted by molar-refractivity contribution is 4.89. The number of nitrogens with zero attached hydrogens (tertiary/aromatic N) is 1. The first kappa shape index (κ1) is 14.3. The van der Waals surface area contributed by atoms with Gasteiger partial charge in [0, 0.05) is 19.6 Å². The maximum absolute atomic E-state index is 5.84. The van der Waals surface area contributed by atoms with E-state index in [-0.39, 0.29) is 0 Å². The van der Waals surface area contributed by atoms with Gasteiger partial charge in [0.05, 0.1) is 12.2 Å². The molecule has 0 aromatic carbocycles. The maximum atomic E-state index is 5.84. The van der Waals surface area contributed by atoms with Gasteiger partial charge in [0.2, 0.25) is 0 Å². The fourth-order valence-corrected chi connectivity index (χ4v) is 3.86. The zero-order valence-corrected chi connectivity index (χ0v) is 12.4. The van der Waals surface area contributed by atoms with Crippen LogP contribution in [0.3, 0.4) is 0 Å². The van der Waals surface area contributed by atoms with Gasteiger partial charge >= 0.3 is 0 Å². The lowest BCUT2D eigenvalue weighted by molar-refractivity contribution is -0.0807. The summed E-state index contributed by atoms with van der Waals surface area (Å²) in [4.78, 5) is 2.65. The molecule has 0 amide bonds. The molecule has 0 aromatic heterocycles. The Morgan fingerprint density at radius 1 is 1.17 bits per heavy atom. The van der Waals surface area contributed by atoms with Crippen molar-refractivity contribution in [2.45, 2.75) is 58.7 Å². The molecule has 3 heteroatoms. The third-order valence-corrected chi connectivity index (χ3v) is 4.50. The molecule has 2 atom stereocenters. The highest BCUT2D eigenvalue weighted by atomic mass is 16.5. The minimum Gasteiger partial charge on any atom is -0.373 e. The van der Waals surface area contributed by atoms with Crippen molar-refractivity contribution in [3.8, 4) is 0 Å². The van der Waals surface area contributed by atoms with Gasteiger partial charge in [0.25, 0.3) is 0 Å². The van der Waals surface area contributed by atoms with Crippen molar-refractivity contribution < 1.29 is 4.74 Å². The quantitative estimate of drug-likeness (QED) is 0.833. The summed E-state index contributed by atoms with van der Waals surface area (Å²) >= 11 is 0. The summed E-state index contributed by atoms with van der Waals surface area (Å²) in [6.45, 7) is 12.7. The number of hydrogen-bond donors (Lipinski definition) is 1. The van der Waals surface area contributed by atoms with E-state index in [4.69, 9.17) is 4.74 Å². The van der Waals surface area contributed by atoms with E-state index < -0.39 is 0 Å². The Morgan fingerprint density at radius 2 is 1.78 bits per heavy atom. The molecule has 2 aliphatic rings. The van der Waals surface area contributed by atoms with E-state index in [9.17, 15) is 0 Å². The molecule has 3 nitrogen and oxygen atoms in total. The van der Waals surface area contributed by atoms with Gasteiger partial charge in [-0.1, -0.05) is 13.3 Å². The Morgan fingerprint density at radius 3 is 2.33 bits per heavy atom. The van der Waals surface area contributed by atoms with Crippen LogP contribution in [0.5, 0.6) is 0 Å². The van der Waals surface area contributed by atoms with Crippen LogP contribution in [0.25, 0.3) is 0 Å². The summed E-state index contributed by atoms with van der Waals surface area (Å²) in [6, 6.07) is 0. The minimum atomic E-state index is 0.397. The first-order chi connectivity index (χ1) is 8.63. The Labute approximate surface area is 112 Å². The van der Waals surface area contributed by atoms with Crippen molar-refractivity contribution in [1.29, 1.82) is 0 Å². The second-order valence-electron chi connectivity index (χ2n) is 6.45. The molecule has 106 valence electrons. The van der Waals surface area contributed by atoms with Crippen LogP contribution in [0.15, 0.2) is 0 Å². The third-order valence-electron chi connectivity index (χ3n) is 4.50. The second kappa shape index (κ2) is 6.36. The molecule has 0 radical (unpaired) electrons. The molecular formula is C15H30N2O. The zero-order valence-electron chi connectivity index (χ0n) is 12.4. The number of rotatable bonds is 4. The summed E-state index contributed by atoms with van der Waals surface area (Å²) in [6.07, 6.45) is 6.19. The summed E-state index contributed by atoms with van der Waals surface area (Å²) in [5.74, 6) is 0. The molecule has 2 fully saturated rings. The molecule has 18 heavy (non-hydrogen) atoms. The Hall–Kier alpha value is -0.120. The summed E-state index contributed by atoms with van der Waals surface area (Å²) in [5.41, 5.74) is 0.566. The van der Waals surface area contributed by atoms with Crippen LogP contribution < -0.4 is 5.32 Å². The van der Waals surface area contributed by atoms with E-state index in [2.05, 4.69) is 31.0 Å². The lowest BCUT2D eigenvalue weighted by atomic mass is 9.75. The maximum Gasteiger partial charge on any atom is 0.0678 e. The standard InChI is InChI=1S/C15H30N2O/c1-4-5-15(6-8-16-9-7-15)12-17-10-13(2)18-14(3)11-17/h13-14,16H,4-12H2,1-3H3. The largest absolute Gasteiger partial charge is 0.373 e. The lowest BCUT2D eigenvalue weighted by Crippen LogP contribution is -2.51. The summed E-state index contributed by atoms with van der Waals surface area (Å²) < 4.78 is 5.84. The normalized spacial score (nSPS) is 33.5. The van der Waals surface area contributed by atoms with Crippen molar-refractivity contribution in [1.82, 2.24) is 10.2 Å². The molecule has 0 bridgehead atoms. The monoisotopic (exact) mass is 254 g/mol. The van der Waals surface area contributed by atoms with Gasteiger partial charge in [0.1, 0.15) is 0 Å². The Kier molecular flexibility index (Phi) is 5.05. The van der Waals surface area contributed by atoms with Crippen molar-refractivity contribution in [2.75, 3.05) is 32.7 Å². The molecular weight excluding hydrogens is 224 g/mol. The molecule has 2 saturated heterocycles. The van der Waals surface area contributed by atoms with E-state index in [1.165, 1.54) is 45.3 Å². The highest BCUT2D eigenvalue weighted by Gasteiger charge is 2.35. The first-order valence-electron chi connectivity index (χ1n) is 7.72. The topological polar surface area (TPSA) is 24.5 Å². The van der Waals surface area contributed by atoms with Crippen LogP contribution in [-0.2, 0) is 4.74 Å². The SMILES string of the molecule is CCCC1(CN2CC(C)OC(C)C2)CCNCC1. The first-order valence-corrected chi connectivity index (χ1v) is 7.72. The van der Waals surface area contributed by atoms with Gasteiger partial charge < -0.3 is 10.1 Å². The summed E-state index contributed by atoms with van der Waals surface area (Å²) in [7, 11) is 0. The van der Waals surface area contributed by atoms with Crippen molar-refractivity contribution in [3.63, 3.8) is 0 Å². The zero-order chi connectivity index (χ0) is 13.0. The molecule has 0 aromatic rings. The van der Waals surface area contributed by atoms with Crippen LogP contribution in [0.4, 0.5) is 0 Å². The van der Waals surface area contributed by atoms with Crippen molar-refractivity contribution in [3.05, 3.63) is 0 Å². The summed E-state index contributed by atoms with van der Waals surface area (Å²) in [5, 5.41) is 3.51. The van der Waals surface area contributed by atoms with E-state index in [0.29, 0.717) is 17.6 Å². The van der Waals surface area contributed by atoms with Crippen LogP contribution in [-0.4, -0.2) is 49.8 Å². The number of piperidine rings is 1. The van der Waals surface area contributed by atoms with Gasteiger partial charge in [0.15, 0.2) is 0 Å². The molecule has 1 N–H and O–H groups in total. The average Bonchev–Trinajstić information content (AvgIpc) is 2.28. The molecule has 2 unspecified atom stereocenters. The molecule has 2 heterocycles. The molecule has 2 aliphatic heterocycles. The van der Waals surface area contributed by atoms with E-state index in [0.717, 1.165) is 13.1 Å². The Bertz CT molecular complexity index is 235. The van der Waals surface area contributed by atoms with Gasteiger partial charge in [-0.2, -0.15) is 0 Å². The van der Waals surface area contributed by atoms with Crippen LogP contribution >= 0.6 is 0 Å². The minimum absolute atomic E-state index is 0.397. The predicted molar refractivity (Wildman–Crippen MR) is 75.9 cm³/mol. The van der Waals surface area contributed by atoms with Gasteiger partial charge in [-0.15, -0.1) is 0 Å². The van der Waals surface area contributed by atoms with Crippen molar-refractivity contribution >= 4 is 0 Å². The van der Waals surface area contributed by atoms with E-state index in [1.54, 1.807) is 0 Å². The molecule has 0 saturated carbocycles. The lowest BCUT2D eigenvalue weighted by Gasteiger charge is -2.44. The van der Waals surface area contributed by atoms with Crippen molar-refractivity contribution in [2.24, 2.45) is 5.41 Å². The molecule has 0 spiro atoms. The number of ether oxygens (including phenoxy) is 1.